The van der Waals surface area contributed by atoms with Gasteiger partial charge in [0.25, 0.3) is 0 Å². The Hall–Kier alpha value is -2.49. The largest absolute Gasteiger partial charge is 0.490 e. The minimum Gasteiger partial charge on any atom is -0.490 e. The molecule has 2 fully saturated rings. The van der Waals surface area contributed by atoms with Crippen molar-refractivity contribution >= 4 is 41.5 Å². The number of halogens is 1. The van der Waals surface area contributed by atoms with Crippen LogP contribution in [0, 0.1) is 0 Å². The highest BCUT2D eigenvalue weighted by atomic mass is 127. The van der Waals surface area contributed by atoms with E-state index in [0.717, 1.165) is 70.4 Å². The maximum atomic E-state index is 12.8. The van der Waals surface area contributed by atoms with E-state index in [-0.39, 0.29) is 42.5 Å². The summed E-state index contributed by atoms with van der Waals surface area (Å²) in [5.41, 5.74) is 1.22. The van der Waals surface area contributed by atoms with E-state index in [4.69, 9.17) is 4.74 Å². The van der Waals surface area contributed by atoms with Gasteiger partial charge in [0.1, 0.15) is 18.4 Å². The summed E-state index contributed by atoms with van der Waals surface area (Å²) in [4.78, 5) is 24.0. The number of carbonyl (C=O) groups excluding carboxylic acids is 1. The first-order valence-electron chi connectivity index (χ1n) is 12.1. The molecule has 2 aliphatic rings. The van der Waals surface area contributed by atoms with Crippen LogP contribution in [-0.4, -0.2) is 80.1 Å². The molecule has 0 aromatic heterocycles. The van der Waals surface area contributed by atoms with Crippen molar-refractivity contribution in [3.8, 4) is 5.75 Å². The lowest BCUT2D eigenvalue weighted by atomic mass is 10.1. The molecule has 8 heteroatoms. The number of anilines is 1. The van der Waals surface area contributed by atoms with E-state index in [1.54, 1.807) is 0 Å². The predicted octanol–water partition coefficient (Wildman–Crippen LogP) is 3.46. The number of rotatable bonds is 6. The molecule has 0 unspecified atom stereocenters. The summed E-state index contributed by atoms with van der Waals surface area (Å²) >= 11 is 0. The number of likely N-dealkylation sites (tertiary alicyclic amines) is 1. The van der Waals surface area contributed by atoms with Crippen molar-refractivity contribution in [1.29, 1.82) is 0 Å². The van der Waals surface area contributed by atoms with Crippen molar-refractivity contribution < 1.29 is 9.53 Å². The van der Waals surface area contributed by atoms with Crippen molar-refractivity contribution in [2.24, 2.45) is 4.99 Å². The molecule has 0 atom stereocenters. The van der Waals surface area contributed by atoms with Crippen LogP contribution in [0.15, 0.2) is 65.7 Å². The Bertz CT molecular complexity index is 896. The standard InChI is InChI=1S/C26H35N5O2.HI/c1-2-27-26(31-15-13-24(14-16-31)33-23-11-7-4-8-12-23)28-21-25(32)30-19-17-29(18-20-30)22-9-5-3-6-10-22;/h3-12,24H,2,13-21H2,1H3,(H,27,28);1H. The molecule has 1 amide bonds. The number of aliphatic imine (C=N–C) groups is 1. The topological polar surface area (TPSA) is 60.4 Å². The van der Waals surface area contributed by atoms with Crippen LogP contribution in [-0.2, 0) is 4.79 Å². The summed E-state index contributed by atoms with van der Waals surface area (Å²) in [5, 5.41) is 3.36. The molecule has 2 saturated heterocycles. The fraction of sp³-hybridized carbons (Fsp3) is 0.462. The zero-order valence-electron chi connectivity index (χ0n) is 19.9. The van der Waals surface area contributed by atoms with E-state index >= 15 is 0 Å². The quantitative estimate of drug-likeness (QED) is 0.324. The fourth-order valence-electron chi connectivity index (χ4n) is 4.40. The number of para-hydroxylation sites is 2. The first kappa shape index (κ1) is 26.1. The number of ether oxygens (including phenoxy) is 1. The Kier molecular flexibility index (Phi) is 10.3. The molecular formula is C26H36IN5O2. The minimum atomic E-state index is 0. The molecule has 1 N–H and O–H groups in total. The summed E-state index contributed by atoms with van der Waals surface area (Å²) in [5.74, 6) is 1.85. The summed E-state index contributed by atoms with van der Waals surface area (Å²) in [6, 6.07) is 20.4. The third-order valence-corrected chi connectivity index (χ3v) is 6.24. The summed E-state index contributed by atoms with van der Waals surface area (Å²) in [7, 11) is 0. The molecule has 2 aliphatic heterocycles. The van der Waals surface area contributed by atoms with Crippen molar-refractivity contribution in [2.75, 3.05) is 57.3 Å². The number of guanidine groups is 1. The van der Waals surface area contributed by atoms with Gasteiger partial charge in [-0.25, -0.2) is 4.99 Å². The lowest BCUT2D eigenvalue weighted by molar-refractivity contribution is -0.129. The van der Waals surface area contributed by atoms with E-state index in [2.05, 4.69) is 51.3 Å². The van der Waals surface area contributed by atoms with E-state index in [9.17, 15) is 4.79 Å². The van der Waals surface area contributed by atoms with Crippen molar-refractivity contribution in [2.45, 2.75) is 25.9 Å². The Labute approximate surface area is 220 Å². The van der Waals surface area contributed by atoms with Gasteiger partial charge in [-0.2, -0.15) is 0 Å². The molecule has 0 radical (unpaired) electrons. The maximum absolute atomic E-state index is 12.8. The first-order valence-corrected chi connectivity index (χ1v) is 12.1. The van der Waals surface area contributed by atoms with Crippen LogP contribution in [0.4, 0.5) is 5.69 Å². The lowest BCUT2D eigenvalue weighted by Crippen LogP contribution is -2.50. The highest BCUT2D eigenvalue weighted by Crippen LogP contribution is 2.19. The average Bonchev–Trinajstić information content (AvgIpc) is 2.88. The zero-order chi connectivity index (χ0) is 22.9. The molecule has 0 aliphatic carbocycles. The number of nitrogens with one attached hydrogen (secondary N) is 1. The molecular weight excluding hydrogens is 541 g/mol. The molecule has 0 saturated carbocycles. The number of piperidine rings is 1. The lowest BCUT2D eigenvalue weighted by Gasteiger charge is -2.36. The molecule has 4 rings (SSSR count). The molecule has 34 heavy (non-hydrogen) atoms. The number of hydrogen-bond donors (Lipinski definition) is 1. The number of nitrogens with zero attached hydrogens (tertiary/aromatic N) is 4. The summed E-state index contributed by atoms with van der Waals surface area (Å²) < 4.78 is 6.11. The second kappa shape index (κ2) is 13.4. The molecule has 0 spiro atoms. The second-order valence-corrected chi connectivity index (χ2v) is 8.49. The highest BCUT2D eigenvalue weighted by Gasteiger charge is 2.24. The van der Waals surface area contributed by atoms with Crippen molar-refractivity contribution in [3.63, 3.8) is 0 Å². The van der Waals surface area contributed by atoms with E-state index < -0.39 is 0 Å². The van der Waals surface area contributed by atoms with Crippen LogP contribution in [0.2, 0.25) is 0 Å². The Morgan fingerprint density at radius 3 is 2.15 bits per heavy atom. The van der Waals surface area contributed by atoms with Crippen molar-refractivity contribution in [1.82, 2.24) is 15.1 Å². The van der Waals surface area contributed by atoms with E-state index in [0.29, 0.717) is 0 Å². The van der Waals surface area contributed by atoms with Gasteiger partial charge in [-0.1, -0.05) is 36.4 Å². The smallest absolute Gasteiger partial charge is 0.244 e. The van der Waals surface area contributed by atoms with Crippen LogP contribution in [0.5, 0.6) is 5.75 Å². The monoisotopic (exact) mass is 577 g/mol. The fourth-order valence-corrected chi connectivity index (χ4v) is 4.40. The Morgan fingerprint density at radius 1 is 0.912 bits per heavy atom. The van der Waals surface area contributed by atoms with Crippen LogP contribution >= 0.6 is 24.0 Å². The average molecular weight is 578 g/mol. The molecule has 2 aromatic rings. The van der Waals surface area contributed by atoms with Gasteiger partial charge in [0.05, 0.1) is 0 Å². The molecule has 0 bridgehead atoms. The number of benzene rings is 2. The van der Waals surface area contributed by atoms with Crippen molar-refractivity contribution in [3.05, 3.63) is 60.7 Å². The van der Waals surface area contributed by atoms with E-state index in [1.165, 1.54) is 5.69 Å². The van der Waals surface area contributed by atoms with Gasteiger partial charge in [-0.15, -0.1) is 24.0 Å². The Morgan fingerprint density at radius 2 is 1.53 bits per heavy atom. The van der Waals surface area contributed by atoms with Crippen LogP contribution < -0.4 is 15.0 Å². The summed E-state index contributed by atoms with van der Waals surface area (Å²) in [6.45, 7) is 7.95. The molecule has 2 aromatic carbocycles. The number of carbonyl (C=O) groups is 1. The minimum absolute atomic E-state index is 0. The second-order valence-electron chi connectivity index (χ2n) is 8.49. The third-order valence-electron chi connectivity index (χ3n) is 6.24. The van der Waals surface area contributed by atoms with Gasteiger partial charge in [0, 0.05) is 64.3 Å². The van der Waals surface area contributed by atoms with Gasteiger partial charge in [0.2, 0.25) is 5.91 Å². The SMILES string of the molecule is CCNC(=NCC(=O)N1CCN(c2ccccc2)CC1)N1CCC(Oc2ccccc2)CC1.I. The van der Waals surface area contributed by atoms with Gasteiger partial charge >= 0.3 is 0 Å². The first-order chi connectivity index (χ1) is 16.2. The maximum Gasteiger partial charge on any atom is 0.244 e. The van der Waals surface area contributed by atoms with Gasteiger partial charge in [0.15, 0.2) is 5.96 Å². The molecule has 2 heterocycles. The third kappa shape index (κ3) is 7.25. The van der Waals surface area contributed by atoms with Gasteiger partial charge < -0.3 is 24.8 Å². The summed E-state index contributed by atoms with van der Waals surface area (Å²) in [6.07, 6.45) is 2.10. The highest BCUT2D eigenvalue weighted by molar-refractivity contribution is 14.0. The van der Waals surface area contributed by atoms with E-state index in [1.807, 2.05) is 41.3 Å². The number of hydrogen-bond acceptors (Lipinski definition) is 4. The van der Waals surface area contributed by atoms with Gasteiger partial charge in [-0.3, -0.25) is 4.79 Å². The Balaban J connectivity index is 0.00000324. The van der Waals surface area contributed by atoms with Crippen LogP contribution in [0.25, 0.3) is 0 Å². The normalized spacial score (nSPS) is 17.2. The zero-order valence-corrected chi connectivity index (χ0v) is 22.3. The molecule has 184 valence electrons. The van der Waals surface area contributed by atoms with Crippen LogP contribution in [0.1, 0.15) is 19.8 Å². The number of piperazine rings is 1. The molecule has 7 nitrogen and oxygen atoms in total. The van der Waals surface area contributed by atoms with Crippen LogP contribution in [0.3, 0.4) is 0 Å². The van der Waals surface area contributed by atoms with Gasteiger partial charge in [-0.05, 0) is 31.2 Å². The predicted molar refractivity (Wildman–Crippen MR) is 148 cm³/mol. The number of amides is 1.